The number of aryl methyl sites for hydroxylation is 2. The standard InChI is InChI=1S/C16H19N3/c1-19-15-8-6-13(11-17)10-14(15)18-16(19)9-7-12-4-2-3-5-12/h6,8,10,12H,2-5,7,9H2,1H3. The van der Waals surface area contributed by atoms with Gasteiger partial charge in [-0.2, -0.15) is 5.26 Å². The Morgan fingerprint density at radius 2 is 2.16 bits per heavy atom. The third-order valence-corrected chi connectivity index (χ3v) is 4.35. The molecule has 0 bridgehead atoms. The minimum absolute atomic E-state index is 0.688. The first-order valence-corrected chi connectivity index (χ1v) is 7.13. The number of fused-ring (bicyclic) bond motifs is 1. The number of imidazole rings is 1. The predicted octanol–water partition coefficient (Wildman–Crippen LogP) is 3.57. The van der Waals surface area contributed by atoms with Crippen molar-refractivity contribution >= 4 is 11.0 Å². The zero-order valence-electron chi connectivity index (χ0n) is 11.4. The van der Waals surface area contributed by atoms with E-state index < -0.39 is 0 Å². The summed E-state index contributed by atoms with van der Waals surface area (Å²) < 4.78 is 2.17. The Morgan fingerprint density at radius 3 is 2.89 bits per heavy atom. The predicted molar refractivity (Wildman–Crippen MR) is 75.7 cm³/mol. The van der Waals surface area contributed by atoms with Crippen LogP contribution in [0.5, 0.6) is 0 Å². The summed E-state index contributed by atoms with van der Waals surface area (Å²) in [4.78, 5) is 4.69. The van der Waals surface area contributed by atoms with Crippen molar-refractivity contribution in [2.24, 2.45) is 13.0 Å². The van der Waals surface area contributed by atoms with Gasteiger partial charge in [-0.25, -0.2) is 4.98 Å². The van der Waals surface area contributed by atoms with Crippen LogP contribution >= 0.6 is 0 Å². The molecule has 98 valence electrons. The molecule has 0 saturated heterocycles. The first kappa shape index (κ1) is 12.2. The van der Waals surface area contributed by atoms with Gasteiger partial charge in [0.1, 0.15) is 5.82 Å². The maximum absolute atomic E-state index is 8.94. The van der Waals surface area contributed by atoms with Crippen molar-refractivity contribution in [2.75, 3.05) is 0 Å². The third-order valence-electron chi connectivity index (χ3n) is 4.35. The fourth-order valence-electron chi connectivity index (χ4n) is 3.18. The fraction of sp³-hybridized carbons (Fsp3) is 0.500. The molecule has 0 N–H and O–H groups in total. The molecule has 1 heterocycles. The van der Waals surface area contributed by atoms with Crippen molar-refractivity contribution < 1.29 is 0 Å². The molecule has 1 aliphatic carbocycles. The maximum atomic E-state index is 8.94. The van der Waals surface area contributed by atoms with Gasteiger partial charge in [0.2, 0.25) is 0 Å². The Balaban J connectivity index is 1.83. The van der Waals surface area contributed by atoms with E-state index in [-0.39, 0.29) is 0 Å². The molecule has 3 rings (SSSR count). The van der Waals surface area contributed by atoms with Gasteiger partial charge in [0, 0.05) is 13.5 Å². The highest BCUT2D eigenvalue weighted by Gasteiger charge is 2.16. The van der Waals surface area contributed by atoms with Gasteiger partial charge in [-0.05, 0) is 30.5 Å². The van der Waals surface area contributed by atoms with E-state index in [1.165, 1.54) is 32.1 Å². The number of nitriles is 1. The molecule has 0 unspecified atom stereocenters. The van der Waals surface area contributed by atoms with Crippen LogP contribution in [0.3, 0.4) is 0 Å². The summed E-state index contributed by atoms with van der Waals surface area (Å²) in [5.74, 6) is 2.05. The smallest absolute Gasteiger partial charge is 0.109 e. The van der Waals surface area contributed by atoms with Crippen LogP contribution in [0.1, 0.15) is 43.5 Å². The fourth-order valence-corrected chi connectivity index (χ4v) is 3.18. The van der Waals surface area contributed by atoms with Crippen LogP contribution in [0.15, 0.2) is 18.2 Å². The van der Waals surface area contributed by atoms with Crippen LogP contribution in [0.4, 0.5) is 0 Å². The molecule has 1 aromatic carbocycles. The van der Waals surface area contributed by atoms with Crippen molar-refractivity contribution in [3.63, 3.8) is 0 Å². The number of hydrogen-bond donors (Lipinski definition) is 0. The quantitative estimate of drug-likeness (QED) is 0.839. The van der Waals surface area contributed by atoms with E-state index in [2.05, 4.69) is 17.7 Å². The Bertz CT molecular complexity index is 627. The Hall–Kier alpha value is -1.82. The van der Waals surface area contributed by atoms with Crippen LogP contribution in [-0.2, 0) is 13.5 Å². The van der Waals surface area contributed by atoms with Gasteiger partial charge in [-0.3, -0.25) is 0 Å². The van der Waals surface area contributed by atoms with Crippen molar-refractivity contribution in [3.8, 4) is 6.07 Å². The highest BCUT2D eigenvalue weighted by Crippen LogP contribution is 2.29. The summed E-state index contributed by atoms with van der Waals surface area (Å²) in [6.07, 6.45) is 7.89. The number of aromatic nitrogens is 2. The number of rotatable bonds is 3. The summed E-state index contributed by atoms with van der Waals surface area (Å²) in [5.41, 5.74) is 2.76. The van der Waals surface area contributed by atoms with Crippen molar-refractivity contribution in [1.82, 2.24) is 9.55 Å². The number of nitrogens with zero attached hydrogens (tertiary/aromatic N) is 3. The molecule has 19 heavy (non-hydrogen) atoms. The molecule has 3 heteroatoms. The molecule has 1 aromatic heterocycles. The second-order valence-corrected chi connectivity index (χ2v) is 5.59. The topological polar surface area (TPSA) is 41.6 Å². The van der Waals surface area contributed by atoms with Gasteiger partial charge in [-0.15, -0.1) is 0 Å². The lowest BCUT2D eigenvalue weighted by Gasteiger charge is -2.08. The summed E-state index contributed by atoms with van der Waals surface area (Å²) in [6, 6.07) is 7.92. The van der Waals surface area contributed by atoms with Crippen molar-refractivity contribution in [1.29, 1.82) is 5.26 Å². The van der Waals surface area contributed by atoms with E-state index >= 15 is 0 Å². The van der Waals surface area contributed by atoms with Crippen LogP contribution in [0, 0.1) is 17.2 Å². The highest BCUT2D eigenvalue weighted by molar-refractivity contribution is 5.77. The largest absolute Gasteiger partial charge is 0.331 e. The van der Waals surface area contributed by atoms with Gasteiger partial charge in [-0.1, -0.05) is 25.7 Å². The van der Waals surface area contributed by atoms with Crippen LogP contribution < -0.4 is 0 Å². The second kappa shape index (κ2) is 5.05. The summed E-state index contributed by atoms with van der Waals surface area (Å²) >= 11 is 0. The zero-order chi connectivity index (χ0) is 13.2. The molecule has 2 aromatic rings. The minimum Gasteiger partial charge on any atom is -0.331 e. The molecule has 0 amide bonds. The Labute approximate surface area is 113 Å². The average Bonchev–Trinajstić information content (AvgIpc) is 3.04. The molecule has 1 aliphatic rings. The van der Waals surface area contributed by atoms with E-state index in [9.17, 15) is 0 Å². The minimum atomic E-state index is 0.688. The normalized spacial score (nSPS) is 16.0. The molecular weight excluding hydrogens is 234 g/mol. The lowest BCUT2D eigenvalue weighted by molar-refractivity contribution is 0.493. The summed E-state index contributed by atoms with van der Waals surface area (Å²) in [5, 5.41) is 8.94. The monoisotopic (exact) mass is 253 g/mol. The van der Waals surface area contributed by atoms with E-state index in [1.807, 2.05) is 18.2 Å². The first-order chi connectivity index (χ1) is 9.28. The highest BCUT2D eigenvalue weighted by atomic mass is 15.1. The molecule has 1 saturated carbocycles. The van der Waals surface area contributed by atoms with Gasteiger partial charge >= 0.3 is 0 Å². The van der Waals surface area contributed by atoms with Crippen LogP contribution in [0.2, 0.25) is 0 Å². The Morgan fingerprint density at radius 1 is 1.37 bits per heavy atom. The van der Waals surface area contributed by atoms with Crippen molar-refractivity contribution in [2.45, 2.75) is 38.5 Å². The average molecular weight is 253 g/mol. The Kier molecular flexibility index (Phi) is 3.25. The molecule has 3 nitrogen and oxygen atoms in total. The summed E-state index contributed by atoms with van der Waals surface area (Å²) in [7, 11) is 2.07. The van der Waals surface area contributed by atoms with Gasteiger partial charge in [0.15, 0.2) is 0 Å². The number of hydrogen-bond acceptors (Lipinski definition) is 2. The maximum Gasteiger partial charge on any atom is 0.109 e. The van der Waals surface area contributed by atoms with E-state index in [1.54, 1.807) is 0 Å². The molecule has 0 atom stereocenters. The van der Waals surface area contributed by atoms with Gasteiger partial charge in [0.05, 0.1) is 22.7 Å². The summed E-state index contributed by atoms with van der Waals surface area (Å²) in [6.45, 7) is 0. The van der Waals surface area contributed by atoms with E-state index in [0.29, 0.717) is 5.56 Å². The van der Waals surface area contributed by atoms with E-state index in [4.69, 9.17) is 10.2 Å². The second-order valence-electron chi connectivity index (χ2n) is 5.59. The zero-order valence-corrected chi connectivity index (χ0v) is 11.4. The van der Waals surface area contributed by atoms with Gasteiger partial charge < -0.3 is 4.57 Å². The molecule has 1 fully saturated rings. The van der Waals surface area contributed by atoms with Gasteiger partial charge in [0.25, 0.3) is 0 Å². The number of benzene rings is 1. The van der Waals surface area contributed by atoms with Crippen molar-refractivity contribution in [3.05, 3.63) is 29.6 Å². The van der Waals surface area contributed by atoms with E-state index in [0.717, 1.165) is 29.2 Å². The molecular formula is C16H19N3. The molecule has 0 radical (unpaired) electrons. The SMILES string of the molecule is Cn1c(CCC2CCCC2)nc2cc(C#N)ccc21. The van der Waals surface area contributed by atoms with Crippen LogP contribution in [-0.4, -0.2) is 9.55 Å². The first-order valence-electron chi connectivity index (χ1n) is 7.13. The van der Waals surface area contributed by atoms with Crippen LogP contribution in [0.25, 0.3) is 11.0 Å². The molecule has 0 spiro atoms. The lowest BCUT2D eigenvalue weighted by Crippen LogP contribution is -2.02. The molecule has 0 aliphatic heterocycles. The third kappa shape index (κ3) is 2.35. The lowest BCUT2D eigenvalue weighted by atomic mass is 10.0.